The van der Waals surface area contributed by atoms with Crippen molar-refractivity contribution in [1.29, 1.82) is 0 Å². The molecule has 1 N–H and O–H groups in total. The van der Waals surface area contributed by atoms with Gasteiger partial charge in [0.25, 0.3) is 0 Å². The summed E-state index contributed by atoms with van der Waals surface area (Å²) < 4.78 is 5.68. The number of hydrogen-bond acceptors (Lipinski definition) is 3. The second-order valence-electron chi connectivity index (χ2n) is 5.49. The molecule has 3 nitrogen and oxygen atoms in total. The summed E-state index contributed by atoms with van der Waals surface area (Å²) in [5.74, 6) is 0.746. The van der Waals surface area contributed by atoms with Gasteiger partial charge in [0.1, 0.15) is 0 Å². The van der Waals surface area contributed by atoms with Gasteiger partial charge in [-0.15, -0.1) is 0 Å². The average Bonchev–Trinajstić information content (AvgIpc) is 2.41. The van der Waals surface area contributed by atoms with Crippen molar-refractivity contribution >= 4 is 0 Å². The summed E-state index contributed by atoms with van der Waals surface area (Å²) >= 11 is 0. The van der Waals surface area contributed by atoms with E-state index in [1.54, 1.807) is 13.3 Å². The summed E-state index contributed by atoms with van der Waals surface area (Å²) in [6, 6.07) is 5.81. The van der Waals surface area contributed by atoms with Crippen molar-refractivity contribution in [2.45, 2.75) is 50.7 Å². The highest BCUT2D eigenvalue weighted by Crippen LogP contribution is 2.37. The Labute approximate surface area is 109 Å². The van der Waals surface area contributed by atoms with Gasteiger partial charge in [-0.25, -0.2) is 0 Å². The van der Waals surface area contributed by atoms with Gasteiger partial charge in [0, 0.05) is 25.4 Å². The highest BCUT2D eigenvalue weighted by atomic mass is 16.5. The quantitative estimate of drug-likeness (QED) is 0.891. The first-order chi connectivity index (χ1) is 8.66. The second kappa shape index (κ2) is 5.81. The van der Waals surface area contributed by atoms with Crippen LogP contribution in [0.4, 0.5) is 0 Å². The summed E-state index contributed by atoms with van der Waals surface area (Å²) in [6.45, 7) is 2.27. The van der Waals surface area contributed by atoms with E-state index in [4.69, 9.17) is 4.74 Å². The Morgan fingerprint density at radius 2 is 2.17 bits per heavy atom. The SMILES string of the molecule is COC1(C(O)Cc2ccccn2)CCC(C)CC1. The van der Waals surface area contributed by atoms with E-state index in [9.17, 15) is 5.11 Å². The average molecular weight is 249 g/mol. The maximum atomic E-state index is 10.5. The van der Waals surface area contributed by atoms with E-state index in [0.717, 1.165) is 37.3 Å². The van der Waals surface area contributed by atoms with Crippen molar-refractivity contribution in [3.05, 3.63) is 30.1 Å². The minimum absolute atomic E-state index is 0.371. The second-order valence-corrected chi connectivity index (χ2v) is 5.49. The maximum Gasteiger partial charge on any atom is 0.0940 e. The van der Waals surface area contributed by atoms with Crippen LogP contribution in [0.1, 0.15) is 38.3 Å². The van der Waals surface area contributed by atoms with Crippen molar-refractivity contribution < 1.29 is 9.84 Å². The third-order valence-electron chi connectivity index (χ3n) is 4.26. The fraction of sp³-hybridized carbons (Fsp3) is 0.667. The molecule has 3 heteroatoms. The van der Waals surface area contributed by atoms with E-state index in [-0.39, 0.29) is 5.60 Å². The molecule has 2 rings (SSSR count). The van der Waals surface area contributed by atoms with Crippen LogP contribution in [0.15, 0.2) is 24.4 Å². The molecular weight excluding hydrogens is 226 g/mol. The van der Waals surface area contributed by atoms with Crippen molar-refractivity contribution in [3.8, 4) is 0 Å². The standard InChI is InChI=1S/C15H23NO2/c1-12-6-8-15(18-2,9-7-12)14(17)11-13-5-3-4-10-16-13/h3-5,10,12,14,17H,6-9,11H2,1-2H3. The highest BCUT2D eigenvalue weighted by Gasteiger charge is 2.40. The van der Waals surface area contributed by atoms with Crippen molar-refractivity contribution in [1.82, 2.24) is 4.98 Å². The van der Waals surface area contributed by atoms with Crippen LogP contribution in [0.25, 0.3) is 0 Å². The third kappa shape index (κ3) is 2.90. The van der Waals surface area contributed by atoms with Gasteiger partial charge in [-0.05, 0) is 43.7 Å². The number of ether oxygens (including phenoxy) is 1. The van der Waals surface area contributed by atoms with Gasteiger partial charge >= 0.3 is 0 Å². The Kier molecular flexibility index (Phi) is 4.36. The number of nitrogens with zero attached hydrogens (tertiary/aromatic N) is 1. The molecule has 0 radical (unpaired) electrons. The van der Waals surface area contributed by atoms with E-state index in [1.807, 2.05) is 18.2 Å². The largest absolute Gasteiger partial charge is 0.390 e. The predicted octanol–water partition coefficient (Wildman–Crippen LogP) is 2.58. The molecule has 1 aromatic heterocycles. The number of aliphatic hydroxyl groups is 1. The number of rotatable bonds is 4. The molecule has 1 fully saturated rings. The normalized spacial score (nSPS) is 30.1. The molecule has 0 bridgehead atoms. The lowest BCUT2D eigenvalue weighted by atomic mass is 9.75. The van der Waals surface area contributed by atoms with Crippen LogP contribution < -0.4 is 0 Å². The monoisotopic (exact) mass is 249 g/mol. The molecule has 18 heavy (non-hydrogen) atoms. The topological polar surface area (TPSA) is 42.4 Å². The molecule has 0 spiro atoms. The molecule has 1 saturated carbocycles. The summed E-state index contributed by atoms with van der Waals surface area (Å²) in [5, 5.41) is 10.5. The molecule has 100 valence electrons. The third-order valence-corrected chi connectivity index (χ3v) is 4.26. The van der Waals surface area contributed by atoms with E-state index in [1.165, 1.54) is 0 Å². The Balaban J connectivity index is 2.03. The molecule has 1 atom stereocenters. The van der Waals surface area contributed by atoms with E-state index in [2.05, 4.69) is 11.9 Å². The predicted molar refractivity (Wildman–Crippen MR) is 71.3 cm³/mol. The van der Waals surface area contributed by atoms with Crippen LogP contribution >= 0.6 is 0 Å². The van der Waals surface area contributed by atoms with Gasteiger partial charge in [0.05, 0.1) is 11.7 Å². The summed E-state index contributed by atoms with van der Waals surface area (Å²) in [4.78, 5) is 4.28. The van der Waals surface area contributed by atoms with Gasteiger partial charge < -0.3 is 9.84 Å². The summed E-state index contributed by atoms with van der Waals surface area (Å²) in [5.41, 5.74) is 0.560. The van der Waals surface area contributed by atoms with Gasteiger partial charge in [0.15, 0.2) is 0 Å². The van der Waals surface area contributed by atoms with Crippen LogP contribution in [-0.2, 0) is 11.2 Å². The van der Waals surface area contributed by atoms with Crippen molar-refractivity contribution in [3.63, 3.8) is 0 Å². The lowest BCUT2D eigenvalue weighted by Crippen LogP contribution is -2.48. The zero-order chi connectivity index (χ0) is 13.0. The van der Waals surface area contributed by atoms with Gasteiger partial charge in [-0.2, -0.15) is 0 Å². The van der Waals surface area contributed by atoms with Gasteiger partial charge in [-0.3, -0.25) is 4.98 Å². The first-order valence-electron chi connectivity index (χ1n) is 6.79. The van der Waals surface area contributed by atoms with Crippen LogP contribution in [0, 0.1) is 5.92 Å². The Morgan fingerprint density at radius 3 is 2.72 bits per heavy atom. The Hall–Kier alpha value is -0.930. The summed E-state index contributed by atoms with van der Waals surface area (Å²) in [7, 11) is 1.72. The molecule has 0 amide bonds. The fourth-order valence-corrected chi connectivity index (χ4v) is 2.83. The first-order valence-corrected chi connectivity index (χ1v) is 6.79. The molecule has 1 aliphatic rings. The van der Waals surface area contributed by atoms with Crippen LogP contribution in [0.5, 0.6) is 0 Å². The van der Waals surface area contributed by atoms with E-state index < -0.39 is 6.10 Å². The Bertz CT molecular complexity index is 358. The van der Waals surface area contributed by atoms with Gasteiger partial charge in [-0.1, -0.05) is 13.0 Å². The molecule has 0 saturated heterocycles. The van der Waals surface area contributed by atoms with Crippen LogP contribution in [0.3, 0.4) is 0 Å². The molecule has 0 aliphatic heterocycles. The minimum atomic E-state index is -0.468. The van der Waals surface area contributed by atoms with Crippen molar-refractivity contribution in [2.75, 3.05) is 7.11 Å². The van der Waals surface area contributed by atoms with Crippen molar-refractivity contribution in [2.24, 2.45) is 5.92 Å². The number of hydrogen-bond donors (Lipinski definition) is 1. The van der Waals surface area contributed by atoms with E-state index in [0.29, 0.717) is 6.42 Å². The number of pyridine rings is 1. The van der Waals surface area contributed by atoms with Gasteiger partial charge in [0.2, 0.25) is 0 Å². The van der Waals surface area contributed by atoms with Crippen LogP contribution in [-0.4, -0.2) is 28.9 Å². The number of methoxy groups -OCH3 is 1. The fourth-order valence-electron chi connectivity index (χ4n) is 2.83. The molecule has 1 aromatic rings. The zero-order valence-electron chi connectivity index (χ0n) is 11.3. The minimum Gasteiger partial charge on any atom is -0.390 e. The Morgan fingerprint density at radius 1 is 1.44 bits per heavy atom. The number of aromatic nitrogens is 1. The smallest absolute Gasteiger partial charge is 0.0940 e. The highest BCUT2D eigenvalue weighted by molar-refractivity contribution is 5.07. The van der Waals surface area contributed by atoms with E-state index >= 15 is 0 Å². The lowest BCUT2D eigenvalue weighted by molar-refractivity contribution is -0.127. The zero-order valence-corrected chi connectivity index (χ0v) is 11.3. The number of aliphatic hydroxyl groups excluding tert-OH is 1. The summed E-state index contributed by atoms with van der Waals surface area (Å²) in [6.07, 6.45) is 6.02. The molecular formula is C15H23NO2. The molecule has 1 aliphatic carbocycles. The molecule has 0 aromatic carbocycles. The van der Waals surface area contributed by atoms with Crippen LogP contribution in [0.2, 0.25) is 0 Å². The molecule has 1 heterocycles. The molecule has 1 unspecified atom stereocenters. The lowest BCUT2D eigenvalue weighted by Gasteiger charge is -2.41. The first kappa shape index (κ1) is 13.5. The maximum absolute atomic E-state index is 10.5.